The normalized spacial score (nSPS) is 12.8. The van der Waals surface area contributed by atoms with Crippen LogP contribution in [-0.4, -0.2) is 30.5 Å². The number of carbonyl (C=O) groups is 2. The molecule has 0 amide bonds. The molecule has 0 saturated heterocycles. The van der Waals surface area contributed by atoms with Gasteiger partial charge in [0.1, 0.15) is 12.0 Å². The van der Waals surface area contributed by atoms with Crippen LogP contribution in [0.15, 0.2) is 29.8 Å². The lowest BCUT2D eigenvalue weighted by atomic mass is 9.94. The molecule has 0 bridgehead atoms. The number of halogens is 3. The molecule has 3 nitrogen and oxygen atoms in total. The molecule has 0 aliphatic carbocycles. The first kappa shape index (κ1) is 19.9. The Morgan fingerprint density at radius 2 is 1.67 bits per heavy atom. The maximum Gasteiger partial charge on any atom is 0.381 e. The maximum absolute atomic E-state index is 14.4. The Hall–Kier alpha value is -2.11. The molecular weight excluding hydrogens is 321 g/mol. The van der Waals surface area contributed by atoms with E-state index in [0.717, 1.165) is 6.08 Å². The molecule has 1 aromatic rings. The molecule has 132 valence electrons. The van der Waals surface area contributed by atoms with Crippen LogP contribution < -0.4 is 0 Å². The van der Waals surface area contributed by atoms with Gasteiger partial charge in [-0.15, -0.1) is 0 Å². The van der Waals surface area contributed by atoms with Gasteiger partial charge in [-0.3, -0.25) is 4.79 Å². The Morgan fingerprint density at radius 1 is 1.12 bits per heavy atom. The predicted molar refractivity (Wildman–Crippen MR) is 85.8 cm³/mol. The number of benzene rings is 1. The number of hydrogen-bond donors (Lipinski definition) is 0. The summed E-state index contributed by atoms with van der Waals surface area (Å²) in [4.78, 5) is 22.2. The summed E-state index contributed by atoms with van der Waals surface area (Å²) in [7, 11) is 0. The van der Waals surface area contributed by atoms with E-state index in [2.05, 4.69) is 4.74 Å². The second-order valence-electron chi connectivity index (χ2n) is 5.97. The van der Waals surface area contributed by atoms with Crippen LogP contribution in [0.1, 0.15) is 49.5 Å². The molecule has 0 radical (unpaired) electrons. The molecule has 0 aliphatic heterocycles. The van der Waals surface area contributed by atoms with Crippen molar-refractivity contribution in [3.8, 4) is 0 Å². The van der Waals surface area contributed by atoms with Crippen molar-refractivity contribution in [1.29, 1.82) is 0 Å². The quantitative estimate of drug-likeness (QED) is 0.512. The molecule has 24 heavy (non-hydrogen) atoms. The van der Waals surface area contributed by atoms with Gasteiger partial charge >= 0.3 is 11.9 Å². The highest BCUT2D eigenvalue weighted by molar-refractivity contribution is 5.83. The van der Waals surface area contributed by atoms with Crippen LogP contribution in [-0.2, 0) is 9.53 Å². The first-order valence-corrected chi connectivity index (χ1v) is 7.60. The summed E-state index contributed by atoms with van der Waals surface area (Å²) in [6.45, 7) is 3.82. The van der Waals surface area contributed by atoms with E-state index in [1.54, 1.807) is 0 Å². The van der Waals surface area contributed by atoms with Crippen LogP contribution in [0.4, 0.5) is 13.2 Å². The standard InChI is InChI=1S/C18H21F3O3/c1-4-24-16(23)18(20,21)15(9-10-17(2,3)19)11-13-5-7-14(12-22)8-6-13/h5-8,11-12H,4,9-10H2,1-3H3/b15-11-. The summed E-state index contributed by atoms with van der Waals surface area (Å²) in [5, 5.41) is 0. The molecule has 0 aliphatic rings. The number of carbonyl (C=O) groups excluding carboxylic acids is 2. The van der Waals surface area contributed by atoms with Crippen molar-refractivity contribution in [3.63, 3.8) is 0 Å². The van der Waals surface area contributed by atoms with Crippen molar-refractivity contribution >= 4 is 18.3 Å². The first-order chi connectivity index (χ1) is 11.1. The number of alkyl halides is 3. The molecule has 0 heterocycles. The highest BCUT2D eigenvalue weighted by Gasteiger charge is 2.44. The van der Waals surface area contributed by atoms with Gasteiger partial charge in [-0.1, -0.05) is 24.3 Å². The van der Waals surface area contributed by atoms with E-state index in [1.165, 1.54) is 45.0 Å². The molecular formula is C18H21F3O3. The van der Waals surface area contributed by atoms with Gasteiger partial charge in [0.15, 0.2) is 0 Å². The van der Waals surface area contributed by atoms with Gasteiger partial charge in [0, 0.05) is 11.1 Å². The third-order valence-electron chi connectivity index (χ3n) is 3.34. The van der Waals surface area contributed by atoms with Crippen molar-refractivity contribution in [2.45, 2.75) is 45.2 Å². The lowest BCUT2D eigenvalue weighted by molar-refractivity contribution is -0.166. The fourth-order valence-electron chi connectivity index (χ4n) is 1.98. The van der Waals surface area contributed by atoms with Crippen LogP contribution >= 0.6 is 0 Å². The molecule has 0 fully saturated rings. The summed E-state index contributed by atoms with van der Waals surface area (Å²) in [6, 6.07) is 5.90. The van der Waals surface area contributed by atoms with E-state index >= 15 is 0 Å². The Balaban J connectivity index is 3.17. The van der Waals surface area contributed by atoms with Crippen LogP contribution in [0.25, 0.3) is 6.08 Å². The van der Waals surface area contributed by atoms with Crippen molar-refractivity contribution in [1.82, 2.24) is 0 Å². The van der Waals surface area contributed by atoms with E-state index in [0.29, 0.717) is 17.4 Å². The van der Waals surface area contributed by atoms with Gasteiger partial charge in [-0.05, 0) is 45.3 Å². The fraction of sp³-hybridized carbons (Fsp3) is 0.444. The molecule has 1 rings (SSSR count). The minimum absolute atomic E-state index is 0.166. The largest absolute Gasteiger partial charge is 0.461 e. The highest BCUT2D eigenvalue weighted by Crippen LogP contribution is 2.33. The van der Waals surface area contributed by atoms with Crippen LogP contribution in [0.3, 0.4) is 0 Å². The highest BCUT2D eigenvalue weighted by atomic mass is 19.3. The molecule has 0 saturated carbocycles. The van der Waals surface area contributed by atoms with Gasteiger partial charge < -0.3 is 4.74 Å². The second-order valence-corrected chi connectivity index (χ2v) is 5.97. The summed E-state index contributed by atoms with van der Waals surface area (Å²) in [5.41, 5.74) is -1.39. The zero-order chi connectivity index (χ0) is 18.4. The molecule has 0 aromatic heterocycles. The minimum Gasteiger partial charge on any atom is -0.461 e. The minimum atomic E-state index is -3.84. The monoisotopic (exact) mass is 342 g/mol. The Labute approximate surface area is 139 Å². The fourth-order valence-corrected chi connectivity index (χ4v) is 1.98. The Kier molecular flexibility index (Phi) is 6.75. The maximum atomic E-state index is 14.4. The molecule has 0 N–H and O–H groups in total. The summed E-state index contributed by atoms with van der Waals surface area (Å²) in [6.07, 6.45) is 1.30. The molecule has 1 aromatic carbocycles. The van der Waals surface area contributed by atoms with Crippen molar-refractivity contribution in [2.75, 3.05) is 6.61 Å². The smallest absolute Gasteiger partial charge is 0.381 e. The van der Waals surface area contributed by atoms with E-state index in [-0.39, 0.29) is 19.4 Å². The van der Waals surface area contributed by atoms with Crippen LogP contribution in [0, 0.1) is 0 Å². The second kappa shape index (κ2) is 8.13. The van der Waals surface area contributed by atoms with Gasteiger partial charge in [0.2, 0.25) is 0 Å². The zero-order valence-electron chi connectivity index (χ0n) is 13.9. The van der Waals surface area contributed by atoms with Crippen LogP contribution in [0.2, 0.25) is 0 Å². The Morgan fingerprint density at radius 3 is 2.12 bits per heavy atom. The number of rotatable bonds is 8. The third kappa shape index (κ3) is 5.83. The van der Waals surface area contributed by atoms with Gasteiger partial charge in [-0.2, -0.15) is 8.78 Å². The van der Waals surface area contributed by atoms with E-state index in [9.17, 15) is 22.8 Å². The lowest BCUT2D eigenvalue weighted by Gasteiger charge is -2.21. The molecule has 0 atom stereocenters. The number of aldehydes is 1. The summed E-state index contributed by atoms with van der Waals surface area (Å²) < 4.78 is 46.8. The molecule has 0 unspecified atom stereocenters. The van der Waals surface area contributed by atoms with E-state index < -0.39 is 23.1 Å². The Bertz CT molecular complexity index is 599. The SMILES string of the molecule is CCOC(=O)C(F)(F)/C(=C\c1ccc(C=O)cc1)CCC(C)(C)F. The van der Waals surface area contributed by atoms with Gasteiger partial charge in [0.25, 0.3) is 0 Å². The first-order valence-electron chi connectivity index (χ1n) is 7.60. The molecule has 6 heteroatoms. The predicted octanol–water partition coefficient (Wildman–Crippen LogP) is 4.61. The number of hydrogen-bond acceptors (Lipinski definition) is 3. The summed E-state index contributed by atoms with van der Waals surface area (Å²) in [5.74, 6) is -5.50. The topological polar surface area (TPSA) is 43.4 Å². The third-order valence-corrected chi connectivity index (χ3v) is 3.34. The van der Waals surface area contributed by atoms with Crippen molar-refractivity contribution < 1.29 is 27.5 Å². The lowest BCUT2D eigenvalue weighted by Crippen LogP contribution is -2.33. The van der Waals surface area contributed by atoms with E-state index in [4.69, 9.17) is 0 Å². The van der Waals surface area contributed by atoms with E-state index in [1.807, 2.05) is 0 Å². The van der Waals surface area contributed by atoms with Gasteiger partial charge in [-0.25, -0.2) is 9.18 Å². The van der Waals surface area contributed by atoms with Crippen molar-refractivity contribution in [3.05, 3.63) is 41.0 Å². The van der Waals surface area contributed by atoms with Crippen molar-refractivity contribution in [2.24, 2.45) is 0 Å². The molecule has 0 spiro atoms. The number of ether oxygens (including phenoxy) is 1. The zero-order valence-corrected chi connectivity index (χ0v) is 13.9. The summed E-state index contributed by atoms with van der Waals surface area (Å²) >= 11 is 0. The number of esters is 1. The van der Waals surface area contributed by atoms with Crippen LogP contribution in [0.5, 0.6) is 0 Å². The van der Waals surface area contributed by atoms with Gasteiger partial charge in [0.05, 0.1) is 6.61 Å². The average molecular weight is 342 g/mol. The average Bonchev–Trinajstić information content (AvgIpc) is 2.51.